The van der Waals surface area contributed by atoms with Crippen molar-refractivity contribution >= 4 is 5.97 Å². The van der Waals surface area contributed by atoms with Crippen LogP contribution in [0.2, 0.25) is 0 Å². The van der Waals surface area contributed by atoms with Gasteiger partial charge in [0.2, 0.25) is 0 Å². The average Bonchev–Trinajstić information content (AvgIpc) is 2.86. The molecule has 2 atom stereocenters. The van der Waals surface area contributed by atoms with Crippen LogP contribution in [0.4, 0.5) is 0 Å². The van der Waals surface area contributed by atoms with Gasteiger partial charge < -0.3 is 14.2 Å². The standard InChI is InChI=1S/C11H18O4/c1-4-13-10(12)9-7-5-14-11(2,3)15-6-8(7)9/h7-9H,4-6H2,1-3H3/t7-,8-/m1/s1. The van der Waals surface area contributed by atoms with E-state index in [-0.39, 0.29) is 11.9 Å². The molecule has 2 rings (SSSR count). The van der Waals surface area contributed by atoms with E-state index < -0.39 is 5.79 Å². The summed E-state index contributed by atoms with van der Waals surface area (Å²) in [5.74, 6) is -0.00999. The van der Waals surface area contributed by atoms with Crippen LogP contribution < -0.4 is 0 Å². The second-order valence-corrected chi connectivity index (χ2v) is 4.63. The summed E-state index contributed by atoms with van der Waals surface area (Å²) in [5.41, 5.74) is 0. The maximum atomic E-state index is 11.5. The molecule has 1 aliphatic heterocycles. The Morgan fingerprint density at radius 1 is 1.33 bits per heavy atom. The van der Waals surface area contributed by atoms with Gasteiger partial charge in [0.15, 0.2) is 5.79 Å². The maximum absolute atomic E-state index is 11.5. The topological polar surface area (TPSA) is 44.8 Å². The van der Waals surface area contributed by atoms with E-state index in [0.29, 0.717) is 31.7 Å². The fourth-order valence-electron chi connectivity index (χ4n) is 2.12. The second-order valence-electron chi connectivity index (χ2n) is 4.63. The Bertz CT molecular complexity index is 245. The quantitative estimate of drug-likeness (QED) is 0.648. The molecular formula is C11H18O4. The van der Waals surface area contributed by atoms with Gasteiger partial charge in [-0.15, -0.1) is 0 Å². The van der Waals surface area contributed by atoms with Crippen LogP contribution in [0.3, 0.4) is 0 Å². The fourth-order valence-corrected chi connectivity index (χ4v) is 2.12. The molecule has 1 saturated heterocycles. The molecule has 0 N–H and O–H groups in total. The molecule has 0 radical (unpaired) electrons. The van der Waals surface area contributed by atoms with Gasteiger partial charge in [0, 0.05) is 11.8 Å². The zero-order valence-corrected chi connectivity index (χ0v) is 9.49. The van der Waals surface area contributed by atoms with Crippen molar-refractivity contribution in [3.05, 3.63) is 0 Å². The molecule has 2 aliphatic rings. The number of carbonyl (C=O) groups is 1. The Hall–Kier alpha value is -0.610. The summed E-state index contributed by atoms with van der Waals surface area (Å²) in [4.78, 5) is 11.5. The molecule has 15 heavy (non-hydrogen) atoms. The molecule has 4 nitrogen and oxygen atoms in total. The molecule has 0 amide bonds. The number of hydrogen-bond acceptors (Lipinski definition) is 4. The SMILES string of the molecule is CCOC(=O)C1[C@@H]2COC(C)(C)OC[C@@H]12. The molecule has 1 aliphatic carbocycles. The van der Waals surface area contributed by atoms with Crippen molar-refractivity contribution in [1.82, 2.24) is 0 Å². The molecule has 86 valence electrons. The number of hydrogen-bond donors (Lipinski definition) is 0. The van der Waals surface area contributed by atoms with E-state index in [0.717, 1.165) is 0 Å². The number of fused-ring (bicyclic) bond motifs is 1. The third-order valence-electron chi connectivity index (χ3n) is 3.14. The lowest BCUT2D eigenvalue weighted by Crippen LogP contribution is -2.29. The van der Waals surface area contributed by atoms with E-state index >= 15 is 0 Å². The molecule has 0 unspecified atom stereocenters. The summed E-state index contributed by atoms with van der Waals surface area (Å²) in [6.45, 7) is 7.27. The van der Waals surface area contributed by atoms with Gasteiger partial charge >= 0.3 is 5.97 Å². The smallest absolute Gasteiger partial charge is 0.309 e. The van der Waals surface area contributed by atoms with Crippen molar-refractivity contribution in [2.45, 2.75) is 26.6 Å². The molecule has 0 aromatic heterocycles. The van der Waals surface area contributed by atoms with Crippen LogP contribution >= 0.6 is 0 Å². The minimum Gasteiger partial charge on any atom is -0.466 e. The van der Waals surface area contributed by atoms with Crippen molar-refractivity contribution in [3.63, 3.8) is 0 Å². The molecule has 0 aromatic rings. The number of ether oxygens (including phenoxy) is 3. The monoisotopic (exact) mass is 214 g/mol. The predicted octanol–water partition coefficient (Wildman–Crippen LogP) is 1.19. The van der Waals surface area contributed by atoms with E-state index in [2.05, 4.69) is 0 Å². The Kier molecular flexibility index (Phi) is 2.73. The number of carbonyl (C=O) groups excluding carboxylic acids is 1. The first-order valence-corrected chi connectivity index (χ1v) is 5.49. The highest BCUT2D eigenvalue weighted by atomic mass is 16.7. The van der Waals surface area contributed by atoms with Crippen LogP contribution in [0.1, 0.15) is 20.8 Å². The van der Waals surface area contributed by atoms with Crippen molar-refractivity contribution in [3.8, 4) is 0 Å². The summed E-state index contributed by atoms with van der Waals surface area (Å²) in [6.07, 6.45) is 0. The van der Waals surface area contributed by atoms with E-state index in [1.165, 1.54) is 0 Å². The third-order valence-corrected chi connectivity index (χ3v) is 3.14. The first-order chi connectivity index (χ1) is 7.05. The highest BCUT2D eigenvalue weighted by Gasteiger charge is 2.57. The van der Waals surface area contributed by atoms with Gasteiger partial charge in [0.05, 0.1) is 25.7 Å². The van der Waals surface area contributed by atoms with Crippen LogP contribution in [0.15, 0.2) is 0 Å². The van der Waals surface area contributed by atoms with Gasteiger partial charge in [0.25, 0.3) is 0 Å². The summed E-state index contributed by atoms with van der Waals surface area (Å²) in [5, 5.41) is 0. The van der Waals surface area contributed by atoms with Gasteiger partial charge in [-0.1, -0.05) is 0 Å². The van der Waals surface area contributed by atoms with Gasteiger partial charge in [-0.25, -0.2) is 0 Å². The lowest BCUT2D eigenvalue weighted by molar-refractivity contribution is -0.208. The maximum Gasteiger partial charge on any atom is 0.309 e. The Morgan fingerprint density at radius 3 is 2.33 bits per heavy atom. The Balaban J connectivity index is 1.90. The zero-order valence-electron chi connectivity index (χ0n) is 9.49. The zero-order chi connectivity index (χ0) is 11.1. The minimum absolute atomic E-state index is 0.000972. The lowest BCUT2D eigenvalue weighted by Gasteiger charge is -2.24. The first-order valence-electron chi connectivity index (χ1n) is 5.49. The summed E-state index contributed by atoms with van der Waals surface area (Å²) >= 11 is 0. The van der Waals surface area contributed by atoms with E-state index in [1.807, 2.05) is 20.8 Å². The third kappa shape index (κ3) is 2.16. The van der Waals surface area contributed by atoms with Crippen molar-refractivity contribution in [2.24, 2.45) is 17.8 Å². The number of esters is 1. The molecule has 0 spiro atoms. The second kappa shape index (κ2) is 3.76. The van der Waals surface area contributed by atoms with Gasteiger partial charge in [0.1, 0.15) is 0 Å². The number of rotatable bonds is 2. The highest BCUT2D eigenvalue weighted by Crippen LogP contribution is 2.50. The minimum atomic E-state index is -0.507. The van der Waals surface area contributed by atoms with Crippen LogP contribution in [-0.4, -0.2) is 31.6 Å². The Labute approximate surface area is 89.9 Å². The van der Waals surface area contributed by atoms with Crippen molar-refractivity contribution < 1.29 is 19.0 Å². The van der Waals surface area contributed by atoms with Gasteiger partial charge in [-0.05, 0) is 20.8 Å². The molecular weight excluding hydrogens is 196 g/mol. The fraction of sp³-hybridized carbons (Fsp3) is 0.909. The van der Waals surface area contributed by atoms with Gasteiger partial charge in [-0.2, -0.15) is 0 Å². The average molecular weight is 214 g/mol. The Morgan fingerprint density at radius 2 is 1.87 bits per heavy atom. The van der Waals surface area contributed by atoms with Crippen molar-refractivity contribution in [2.75, 3.05) is 19.8 Å². The lowest BCUT2D eigenvalue weighted by atomic mass is 10.3. The summed E-state index contributed by atoms with van der Waals surface area (Å²) in [7, 11) is 0. The van der Waals surface area contributed by atoms with Gasteiger partial charge in [-0.3, -0.25) is 4.79 Å². The van der Waals surface area contributed by atoms with Crippen molar-refractivity contribution in [1.29, 1.82) is 0 Å². The molecule has 0 bridgehead atoms. The molecule has 1 heterocycles. The molecule has 1 saturated carbocycles. The normalized spacial score (nSPS) is 37.7. The van der Waals surface area contributed by atoms with Crippen LogP contribution in [0, 0.1) is 17.8 Å². The van der Waals surface area contributed by atoms with E-state index in [4.69, 9.17) is 14.2 Å². The van der Waals surface area contributed by atoms with Crippen LogP contribution in [0.5, 0.6) is 0 Å². The summed E-state index contributed by atoms with van der Waals surface area (Å²) < 4.78 is 16.1. The first kappa shape index (κ1) is 10.9. The molecule has 4 heteroatoms. The van der Waals surface area contributed by atoms with E-state index in [1.54, 1.807) is 0 Å². The molecule has 0 aromatic carbocycles. The predicted molar refractivity (Wildman–Crippen MR) is 53.1 cm³/mol. The van der Waals surface area contributed by atoms with E-state index in [9.17, 15) is 4.79 Å². The largest absolute Gasteiger partial charge is 0.466 e. The van der Waals surface area contributed by atoms with Crippen LogP contribution in [0.25, 0.3) is 0 Å². The highest BCUT2D eigenvalue weighted by molar-refractivity contribution is 5.76. The van der Waals surface area contributed by atoms with Crippen LogP contribution in [-0.2, 0) is 19.0 Å². The summed E-state index contributed by atoms with van der Waals surface area (Å²) in [6, 6.07) is 0. The molecule has 2 fully saturated rings.